The molecule has 0 aliphatic carbocycles. The summed E-state index contributed by atoms with van der Waals surface area (Å²) in [6.07, 6.45) is -5.01. The maximum Gasteiger partial charge on any atom is 0.514 e. The first kappa shape index (κ1) is 51.2. The van der Waals surface area contributed by atoms with Gasteiger partial charge in [-0.1, -0.05) is 84.9 Å². The van der Waals surface area contributed by atoms with Crippen molar-refractivity contribution in [3.8, 4) is 5.75 Å². The Balaban J connectivity index is 0.000000213. The molecule has 3 aliphatic heterocycles. The molecule has 0 saturated carbocycles. The molecule has 22 heteroatoms. The van der Waals surface area contributed by atoms with Gasteiger partial charge in [-0.05, 0) is 58.7 Å². The van der Waals surface area contributed by atoms with E-state index < -0.39 is 65.0 Å². The van der Waals surface area contributed by atoms with Crippen LogP contribution in [-0.2, 0) is 59.3 Å². The second-order valence-electron chi connectivity index (χ2n) is 16.3. The van der Waals surface area contributed by atoms with Gasteiger partial charge in [-0.25, -0.2) is 48.0 Å². The van der Waals surface area contributed by atoms with Gasteiger partial charge >= 0.3 is 24.4 Å². The van der Waals surface area contributed by atoms with Crippen molar-refractivity contribution in [3.63, 3.8) is 0 Å². The lowest BCUT2D eigenvalue weighted by atomic mass is 10.1. The molecule has 0 spiro atoms. The SMILES string of the molecule is O=C(OC1CN(C(=O)Cc2ccc(F)cc2)N(C(=O)OCc2ccccc2)C1)N1CCOCC1.O=C(Oc1ccc([N+](=O)[O-])cc1)OC1CN(C(=O)Cc2ccc(F)cc2)N(C(=O)OCc2ccccc2)C1. The predicted molar refractivity (Wildman–Crippen MR) is 247 cm³/mol. The fraction of sp³-hybridized carbons (Fsp3) is 0.280. The molecule has 2 unspecified atom stereocenters. The lowest BCUT2D eigenvalue weighted by Gasteiger charge is -2.27. The van der Waals surface area contributed by atoms with Gasteiger partial charge in [-0.2, -0.15) is 0 Å². The monoisotopic (exact) mass is 994 g/mol. The Bertz CT molecular complexity index is 2660. The summed E-state index contributed by atoms with van der Waals surface area (Å²) >= 11 is 0. The second kappa shape index (κ2) is 24.8. The van der Waals surface area contributed by atoms with E-state index in [1.54, 1.807) is 24.3 Å². The van der Waals surface area contributed by atoms with E-state index in [1.165, 1.54) is 82.7 Å². The third-order valence-electron chi connectivity index (χ3n) is 11.1. The summed E-state index contributed by atoms with van der Waals surface area (Å²) in [5.74, 6) is -1.73. The number of halogens is 2. The van der Waals surface area contributed by atoms with Gasteiger partial charge < -0.3 is 33.3 Å². The van der Waals surface area contributed by atoms with Crippen LogP contribution in [0.25, 0.3) is 0 Å². The number of nitro benzene ring substituents is 1. The minimum absolute atomic E-state index is 0.0105. The number of non-ortho nitro benzene ring substituents is 1. The van der Waals surface area contributed by atoms with Gasteiger partial charge in [-0.15, -0.1) is 0 Å². The molecule has 3 saturated heterocycles. The van der Waals surface area contributed by atoms with E-state index in [0.717, 1.165) is 26.2 Å². The molecule has 2 atom stereocenters. The minimum atomic E-state index is -1.12. The summed E-state index contributed by atoms with van der Waals surface area (Å²) in [6.45, 7) is 1.35. The van der Waals surface area contributed by atoms with E-state index in [1.807, 2.05) is 36.4 Å². The van der Waals surface area contributed by atoms with E-state index in [-0.39, 0.29) is 63.7 Å². The Morgan fingerprint density at radius 2 is 0.972 bits per heavy atom. The molecule has 3 aliphatic rings. The van der Waals surface area contributed by atoms with Crippen LogP contribution in [0.15, 0.2) is 133 Å². The number of ether oxygens (including phenoxy) is 6. The van der Waals surface area contributed by atoms with Gasteiger partial charge in [0.1, 0.15) is 42.8 Å². The smallest absolute Gasteiger partial charge is 0.443 e. The number of nitro groups is 1. The zero-order valence-electron chi connectivity index (χ0n) is 38.5. The molecule has 8 rings (SSSR count). The summed E-state index contributed by atoms with van der Waals surface area (Å²) in [5, 5.41) is 15.3. The summed E-state index contributed by atoms with van der Waals surface area (Å²) in [7, 11) is 0. The molecule has 0 N–H and O–H groups in total. The van der Waals surface area contributed by atoms with Gasteiger partial charge in [0.25, 0.3) is 5.69 Å². The number of nitrogens with zero attached hydrogens (tertiary/aromatic N) is 6. The Hall–Kier alpha value is -8.66. The van der Waals surface area contributed by atoms with Crippen LogP contribution >= 0.6 is 0 Å². The van der Waals surface area contributed by atoms with Crippen molar-refractivity contribution in [2.45, 2.75) is 38.3 Å². The highest BCUT2D eigenvalue weighted by Gasteiger charge is 2.41. The maximum atomic E-state index is 13.2. The molecule has 5 aromatic rings. The maximum absolute atomic E-state index is 13.2. The van der Waals surface area contributed by atoms with Gasteiger partial charge in [0.05, 0.1) is 57.2 Å². The van der Waals surface area contributed by atoms with E-state index in [2.05, 4.69) is 0 Å². The first-order valence-corrected chi connectivity index (χ1v) is 22.5. The third kappa shape index (κ3) is 14.7. The molecule has 5 amide bonds. The molecule has 376 valence electrons. The number of carbonyl (C=O) groups is 6. The van der Waals surface area contributed by atoms with Gasteiger partial charge in [-0.3, -0.25) is 19.7 Å². The lowest BCUT2D eigenvalue weighted by Crippen LogP contribution is -2.45. The lowest BCUT2D eigenvalue weighted by molar-refractivity contribution is -0.384. The van der Waals surface area contributed by atoms with Crippen molar-refractivity contribution in [2.24, 2.45) is 0 Å². The number of hydrogen-bond donors (Lipinski definition) is 0. The average molecular weight is 995 g/mol. The number of benzene rings is 5. The first-order valence-electron chi connectivity index (χ1n) is 22.5. The topological polar surface area (TPSA) is 217 Å². The zero-order chi connectivity index (χ0) is 51.0. The summed E-state index contributed by atoms with van der Waals surface area (Å²) in [5.41, 5.74) is 2.48. The van der Waals surface area contributed by atoms with Crippen LogP contribution in [-0.4, -0.2) is 131 Å². The van der Waals surface area contributed by atoms with Crippen molar-refractivity contribution in [3.05, 3.63) is 177 Å². The molecule has 3 heterocycles. The van der Waals surface area contributed by atoms with Crippen LogP contribution in [0.2, 0.25) is 0 Å². The van der Waals surface area contributed by atoms with Crippen LogP contribution < -0.4 is 4.74 Å². The third-order valence-corrected chi connectivity index (χ3v) is 11.1. The van der Waals surface area contributed by atoms with E-state index >= 15 is 0 Å². The first-order chi connectivity index (χ1) is 34.8. The molecule has 0 radical (unpaired) electrons. The van der Waals surface area contributed by atoms with Crippen LogP contribution in [0.4, 0.5) is 33.6 Å². The molecular formula is C50H48F2N6O14. The van der Waals surface area contributed by atoms with Crippen molar-refractivity contribution in [1.82, 2.24) is 24.9 Å². The van der Waals surface area contributed by atoms with Crippen LogP contribution in [0, 0.1) is 21.7 Å². The average Bonchev–Trinajstić information content (AvgIpc) is 4.02. The highest BCUT2D eigenvalue weighted by molar-refractivity contribution is 5.83. The summed E-state index contributed by atoms with van der Waals surface area (Å²) < 4.78 is 58.4. The molecule has 0 aromatic heterocycles. The number of hydrogen-bond acceptors (Lipinski definition) is 14. The fourth-order valence-electron chi connectivity index (χ4n) is 7.43. The Labute approximate surface area is 410 Å². The summed E-state index contributed by atoms with van der Waals surface area (Å²) in [6, 6.07) is 33.8. The summed E-state index contributed by atoms with van der Waals surface area (Å²) in [4.78, 5) is 88.4. The number of amides is 5. The Morgan fingerprint density at radius 1 is 0.542 bits per heavy atom. The highest BCUT2D eigenvalue weighted by atomic mass is 19.1. The standard InChI is InChI=1S/C26H22FN3O8.C24H26FN3O6/c27-20-8-6-18(7-9-20)14-24(31)28-15-23(16-29(28)25(32)36-17-19-4-2-1-3-5-19)38-26(33)37-22-12-10-21(11-13-22)30(34)35;25-20-8-6-18(7-9-20)14-22(29)27-15-21(34-23(30)26-10-12-32-13-11-26)16-28(27)24(31)33-17-19-4-2-1-3-5-19/h1-13,23H,14-17H2;1-9,21H,10-17H2. The van der Waals surface area contributed by atoms with Crippen molar-refractivity contribution in [1.29, 1.82) is 0 Å². The minimum Gasteiger partial charge on any atom is -0.443 e. The molecule has 0 bridgehead atoms. The van der Waals surface area contributed by atoms with Gasteiger partial charge in [0.15, 0.2) is 0 Å². The highest BCUT2D eigenvalue weighted by Crippen LogP contribution is 2.23. The number of hydrazine groups is 2. The molecule has 5 aromatic carbocycles. The molecular weight excluding hydrogens is 947 g/mol. The Morgan fingerprint density at radius 3 is 1.42 bits per heavy atom. The molecule has 72 heavy (non-hydrogen) atoms. The van der Waals surface area contributed by atoms with E-state index in [4.69, 9.17) is 28.4 Å². The van der Waals surface area contributed by atoms with Gasteiger partial charge in [0, 0.05) is 25.2 Å². The quantitative estimate of drug-likeness (QED) is 0.0410. The number of morpholine rings is 1. The largest absolute Gasteiger partial charge is 0.514 e. The van der Waals surface area contributed by atoms with Crippen LogP contribution in [0.3, 0.4) is 0 Å². The fourth-order valence-corrected chi connectivity index (χ4v) is 7.43. The number of rotatable bonds is 12. The van der Waals surface area contributed by atoms with Crippen molar-refractivity contribution in [2.75, 3.05) is 52.5 Å². The van der Waals surface area contributed by atoms with Crippen molar-refractivity contribution < 1.29 is 70.9 Å². The van der Waals surface area contributed by atoms with E-state index in [9.17, 15) is 47.7 Å². The molecule has 3 fully saturated rings. The predicted octanol–water partition coefficient (Wildman–Crippen LogP) is 6.86. The van der Waals surface area contributed by atoms with E-state index in [0.29, 0.717) is 37.4 Å². The van der Waals surface area contributed by atoms with Crippen molar-refractivity contribution >= 4 is 41.9 Å². The van der Waals surface area contributed by atoms with Crippen LogP contribution in [0.5, 0.6) is 5.75 Å². The van der Waals surface area contributed by atoms with Gasteiger partial charge in [0.2, 0.25) is 11.8 Å². The normalized spacial score (nSPS) is 16.2. The number of carbonyl (C=O) groups excluding carboxylic acids is 6. The zero-order valence-corrected chi connectivity index (χ0v) is 38.5. The van der Waals surface area contributed by atoms with Crippen LogP contribution in [0.1, 0.15) is 22.3 Å². The second-order valence-corrected chi connectivity index (χ2v) is 16.3. The molecule has 20 nitrogen and oxygen atoms in total. The Kier molecular flexibility index (Phi) is 17.6.